The van der Waals surface area contributed by atoms with E-state index in [2.05, 4.69) is 5.32 Å². The molecule has 4 nitrogen and oxygen atoms in total. The predicted octanol–water partition coefficient (Wildman–Crippen LogP) is 1.18. The molecule has 0 spiro atoms. The maximum absolute atomic E-state index is 11.1. The fraction of sp³-hybridized carbons (Fsp3) is 0.462. The summed E-state index contributed by atoms with van der Waals surface area (Å²) in [5.41, 5.74) is 2.11. The SMILES string of the molecule is CNC(=O)COc1ccc2c(c1)[C@H](O)CCC2. The molecule has 0 bridgehead atoms. The van der Waals surface area contributed by atoms with Gasteiger partial charge in [-0.2, -0.15) is 0 Å². The van der Waals surface area contributed by atoms with Crippen molar-refractivity contribution in [3.8, 4) is 5.75 Å². The third kappa shape index (κ3) is 2.77. The molecular weight excluding hydrogens is 218 g/mol. The first-order valence-corrected chi connectivity index (χ1v) is 5.85. The summed E-state index contributed by atoms with van der Waals surface area (Å²) in [6.45, 7) is 0.00534. The van der Waals surface area contributed by atoms with Crippen LogP contribution in [0.5, 0.6) is 5.75 Å². The molecule has 1 amide bonds. The average Bonchev–Trinajstić information content (AvgIpc) is 2.36. The van der Waals surface area contributed by atoms with Gasteiger partial charge < -0.3 is 15.2 Å². The van der Waals surface area contributed by atoms with Gasteiger partial charge in [0.25, 0.3) is 5.91 Å². The molecule has 17 heavy (non-hydrogen) atoms. The van der Waals surface area contributed by atoms with E-state index < -0.39 is 6.10 Å². The number of hydrogen-bond acceptors (Lipinski definition) is 3. The molecule has 1 aromatic rings. The van der Waals surface area contributed by atoms with Crippen molar-refractivity contribution in [1.82, 2.24) is 5.32 Å². The van der Waals surface area contributed by atoms with Crippen LogP contribution in [0, 0.1) is 0 Å². The minimum atomic E-state index is -0.401. The Bertz CT molecular complexity index is 417. The number of carbonyl (C=O) groups excluding carboxylic acids is 1. The third-order valence-corrected chi connectivity index (χ3v) is 3.05. The quantitative estimate of drug-likeness (QED) is 0.827. The van der Waals surface area contributed by atoms with Gasteiger partial charge in [-0.3, -0.25) is 4.79 Å². The molecular formula is C13H17NO3. The molecule has 4 heteroatoms. The van der Waals surface area contributed by atoms with Crippen LogP contribution in [0.2, 0.25) is 0 Å². The molecule has 0 saturated heterocycles. The number of hydrogen-bond donors (Lipinski definition) is 2. The standard InChI is InChI=1S/C13H17NO3/c1-14-13(16)8-17-10-6-5-9-3-2-4-12(15)11(9)7-10/h5-7,12,15H,2-4,8H2,1H3,(H,14,16)/t12-/m1/s1. The lowest BCUT2D eigenvalue weighted by molar-refractivity contribution is -0.122. The van der Waals surface area contributed by atoms with Crippen LogP contribution in [0.1, 0.15) is 30.1 Å². The summed E-state index contributed by atoms with van der Waals surface area (Å²) < 4.78 is 5.35. The number of likely N-dealkylation sites (N-methyl/N-ethyl adjacent to an activating group) is 1. The first kappa shape index (κ1) is 11.9. The van der Waals surface area contributed by atoms with Gasteiger partial charge in [-0.1, -0.05) is 6.07 Å². The topological polar surface area (TPSA) is 58.6 Å². The highest BCUT2D eigenvalue weighted by atomic mass is 16.5. The normalized spacial score (nSPS) is 18.4. The number of rotatable bonds is 3. The van der Waals surface area contributed by atoms with Crippen molar-refractivity contribution < 1.29 is 14.6 Å². The number of ether oxygens (including phenoxy) is 1. The largest absolute Gasteiger partial charge is 0.484 e. The van der Waals surface area contributed by atoms with Crippen molar-refractivity contribution in [3.05, 3.63) is 29.3 Å². The molecule has 0 saturated carbocycles. The van der Waals surface area contributed by atoms with Crippen molar-refractivity contribution in [2.24, 2.45) is 0 Å². The summed E-state index contributed by atoms with van der Waals surface area (Å²) in [5.74, 6) is 0.469. The van der Waals surface area contributed by atoms with Crippen LogP contribution in [0.4, 0.5) is 0 Å². The fourth-order valence-electron chi connectivity index (χ4n) is 2.06. The summed E-state index contributed by atoms with van der Waals surface area (Å²) in [6.07, 6.45) is 2.42. The van der Waals surface area contributed by atoms with Gasteiger partial charge in [-0.15, -0.1) is 0 Å². The number of aryl methyl sites for hydroxylation is 1. The molecule has 1 aliphatic carbocycles. The molecule has 0 heterocycles. The van der Waals surface area contributed by atoms with E-state index in [1.807, 2.05) is 18.2 Å². The first-order chi connectivity index (χ1) is 8.20. The third-order valence-electron chi connectivity index (χ3n) is 3.05. The van der Waals surface area contributed by atoms with Crippen molar-refractivity contribution >= 4 is 5.91 Å². The van der Waals surface area contributed by atoms with E-state index in [1.165, 1.54) is 5.56 Å². The summed E-state index contributed by atoms with van der Waals surface area (Å²) in [4.78, 5) is 11.1. The molecule has 0 radical (unpaired) electrons. The van der Waals surface area contributed by atoms with E-state index in [0.717, 1.165) is 24.8 Å². The second kappa shape index (κ2) is 5.19. The molecule has 2 rings (SSSR count). The second-order valence-electron chi connectivity index (χ2n) is 4.23. The van der Waals surface area contributed by atoms with Gasteiger partial charge in [0.05, 0.1) is 6.10 Å². The molecule has 1 aromatic carbocycles. The molecule has 1 aliphatic rings. The van der Waals surface area contributed by atoms with E-state index in [0.29, 0.717) is 5.75 Å². The number of aliphatic hydroxyl groups excluding tert-OH is 1. The Labute approximate surface area is 101 Å². The highest BCUT2D eigenvalue weighted by molar-refractivity contribution is 5.77. The van der Waals surface area contributed by atoms with Gasteiger partial charge in [0.15, 0.2) is 6.61 Å². The Hall–Kier alpha value is -1.55. The number of benzene rings is 1. The predicted molar refractivity (Wildman–Crippen MR) is 63.9 cm³/mol. The molecule has 0 aromatic heterocycles. The van der Waals surface area contributed by atoms with E-state index in [4.69, 9.17) is 4.74 Å². The summed E-state index contributed by atoms with van der Waals surface area (Å²) in [5, 5.41) is 12.4. The van der Waals surface area contributed by atoms with Gasteiger partial charge in [-0.05, 0) is 42.5 Å². The van der Waals surface area contributed by atoms with Gasteiger partial charge in [0.2, 0.25) is 0 Å². The average molecular weight is 235 g/mol. The first-order valence-electron chi connectivity index (χ1n) is 5.85. The lowest BCUT2D eigenvalue weighted by atomic mass is 9.89. The fourth-order valence-corrected chi connectivity index (χ4v) is 2.06. The Kier molecular flexibility index (Phi) is 3.64. The summed E-state index contributed by atoms with van der Waals surface area (Å²) in [6, 6.07) is 5.65. The second-order valence-corrected chi connectivity index (χ2v) is 4.23. The van der Waals surface area contributed by atoms with E-state index in [9.17, 15) is 9.90 Å². The summed E-state index contributed by atoms with van der Waals surface area (Å²) in [7, 11) is 1.57. The van der Waals surface area contributed by atoms with Crippen LogP contribution in [-0.4, -0.2) is 24.7 Å². The zero-order valence-electron chi connectivity index (χ0n) is 9.90. The number of amides is 1. The molecule has 1 atom stereocenters. The van der Waals surface area contributed by atoms with Crippen molar-refractivity contribution in [2.75, 3.05) is 13.7 Å². The van der Waals surface area contributed by atoms with Gasteiger partial charge in [0.1, 0.15) is 5.75 Å². The van der Waals surface area contributed by atoms with E-state index >= 15 is 0 Å². The van der Waals surface area contributed by atoms with E-state index in [1.54, 1.807) is 7.05 Å². The van der Waals surface area contributed by atoms with E-state index in [-0.39, 0.29) is 12.5 Å². The number of nitrogens with one attached hydrogen (secondary N) is 1. The zero-order chi connectivity index (χ0) is 12.3. The number of fused-ring (bicyclic) bond motifs is 1. The van der Waals surface area contributed by atoms with Crippen LogP contribution >= 0.6 is 0 Å². The lowest BCUT2D eigenvalue weighted by Gasteiger charge is -2.21. The highest BCUT2D eigenvalue weighted by Gasteiger charge is 2.18. The van der Waals surface area contributed by atoms with Crippen LogP contribution in [0.15, 0.2) is 18.2 Å². The van der Waals surface area contributed by atoms with Gasteiger partial charge >= 0.3 is 0 Å². The lowest BCUT2D eigenvalue weighted by Crippen LogP contribution is -2.24. The monoisotopic (exact) mass is 235 g/mol. The minimum absolute atomic E-state index is 0.00534. The maximum Gasteiger partial charge on any atom is 0.257 e. The molecule has 0 aliphatic heterocycles. The number of carbonyl (C=O) groups is 1. The Morgan fingerprint density at radius 2 is 2.41 bits per heavy atom. The number of aliphatic hydroxyl groups is 1. The summed E-state index contributed by atoms with van der Waals surface area (Å²) >= 11 is 0. The molecule has 92 valence electrons. The van der Waals surface area contributed by atoms with Crippen molar-refractivity contribution in [2.45, 2.75) is 25.4 Å². The highest BCUT2D eigenvalue weighted by Crippen LogP contribution is 2.32. The van der Waals surface area contributed by atoms with Crippen LogP contribution in [0.3, 0.4) is 0 Å². The van der Waals surface area contributed by atoms with Gasteiger partial charge in [-0.25, -0.2) is 0 Å². The Morgan fingerprint density at radius 1 is 1.59 bits per heavy atom. The molecule has 0 fully saturated rings. The van der Waals surface area contributed by atoms with Crippen LogP contribution < -0.4 is 10.1 Å². The molecule has 0 unspecified atom stereocenters. The van der Waals surface area contributed by atoms with Crippen molar-refractivity contribution in [1.29, 1.82) is 0 Å². The van der Waals surface area contributed by atoms with Crippen molar-refractivity contribution in [3.63, 3.8) is 0 Å². The minimum Gasteiger partial charge on any atom is -0.484 e. The zero-order valence-corrected chi connectivity index (χ0v) is 9.90. The Balaban J connectivity index is 2.10. The molecule has 2 N–H and O–H groups in total. The maximum atomic E-state index is 11.1. The Morgan fingerprint density at radius 3 is 3.18 bits per heavy atom. The smallest absolute Gasteiger partial charge is 0.257 e. The van der Waals surface area contributed by atoms with Crippen LogP contribution in [-0.2, 0) is 11.2 Å². The van der Waals surface area contributed by atoms with Crippen LogP contribution in [0.25, 0.3) is 0 Å². The van der Waals surface area contributed by atoms with Gasteiger partial charge in [0, 0.05) is 7.05 Å².